The van der Waals surface area contributed by atoms with E-state index in [1.54, 1.807) is 11.8 Å². The van der Waals surface area contributed by atoms with Crippen LogP contribution in [0.1, 0.15) is 49.7 Å². The SMILES string of the molecule is CCC(CCC(=O)O)NC(=O)[C@H](CCSC)NC(=O)OCC1c2ccccc2-c2ccccc21. The number of benzene rings is 2. The molecule has 0 aliphatic heterocycles. The predicted molar refractivity (Wildman–Crippen MR) is 134 cm³/mol. The summed E-state index contributed by atoms with van der Waals surface area (Å²) in [6.45, 7) is 2.07. The van der Waals surface area contributed by atoms with E-state index in [1.807, 2.05) is 37.4 Å². The number of ether oxygens (including phenoxy) is 1. The van der Waals surface area contributed by atoms with E-state index in [0.29, 0.717) is 25.0 Å². The smallest absolute Gasteiger partial charge is 0.407 e. The number of carboxylic acids is 1. The maximum Gasteiger partial charge on any atom is 0.407 e. The lowest BCUT2D eigenvalue weighted by molar-refractivity contribution is -0.137. The molecule has 7 nitrogen and oxygen atoms in total. The number of thioether (sulfide) groups is 1. The minimum Gasteiger partial charge on any atom is -0.481 e. The molecule has 0 bridgehead atoms. The molecule has 2 atom stereocenters. The van der Waals surface area contributed by atoms with Crippen LogP contribution in [-0.4, -0.2) is 53.8 Å². The van der Waals surface area contributed by atoms with E-state index in [2.05, 4.69) is 34.9 Å². The van der Waals surface area contributed by atoms with Crippen molar-refractivity contribution < 1.29 is 24.2 Å². The number of carboxylic acid groups (broad SMARTS) is 1. The summed E-state index contributed by atoms with van der Waals surface area (Å²) in [6.07, 6.45) is 2.68. The zero-order chi connectivity index (χ0) is 24.5. The highest BCUT2D eigenvalue weighted by molar-refractivity contribution is 7.98. The number of nitrogens with one attached hydrogen (secondary N) is 2. The van der Waals surface area contributed by atoms with Crippen molar-refractivity contribution in [2.75, 3.05) is 18.6 Å². The number of aliphatic carboxylic acids is 1. The molecule has 3 rings (SSSR count). The summed E-state index contributed by atoms with van der Waals surface area (Å²) in [5, 5.41) is 14.5. The van der Waals surface area contributed by atoms with Gasteiger partial charge in [0, 0.05) is 18.4 Å². The Morgan fingerprint density at radius 2 is 1.62 bits per heavy atom. The maximum atomic E-state index is 12.8. The highest BCUT2D eigenvalue weighted by Crippen LogP contribution is 2.44. The van der Waals surface area contributed by atoms with Crippen molar-refractivity contribution in [3.63, 3.8) is 0 Å². The fourth-order valence-electron chi connectivity index (χ4n) is 4.26. The van der Waals surface area contributed by atoms with Crippen LogP contribution in [0.5, 0.6) is 0 Å². The van der Waals surface area contributed by atoms with Crippen LogP contribution in [-0.2, 0) is 14.3 Å². The van der Waals surface area contributed by atoms with Gasteiger partial charge in [-0.25, -0.2) is 4.79 Å². The molecule has 0 radical (unpaired) electrons. The monoisotopic (exact) mass is 484 g/mol. The quantitative estimate of drug-likeness (QED) is 0.412. The van der Waals surface area contributed by atoms with E-state index >= 15 is 0 Å². The van der Waals surface area contributed by atoms with Crippen LogP contribution in [0.25, 0.3) is 11.1 Å². The second-order valence-corrected chi connectivity index (χ2v) is 9.34. The number of amides is 2. The summed E-state index contributed by atoms with van der Waals surface area (Å²) in [5.74, 6) is -0.589. The largest absolute Gasteiger partial charge is 0.481 e. The fraction of sp³-hybridized carbons (Fsp3) is 0.423. The summed E-state index contributed by atoms with van der Waals surface area (Å²) in [4.78, 5) is 36.4. The van der Waals surface area contributed by atoms with Gasteiger partial charge in [0.15, 0.2) is 0 Å². The molecule has 0 aromatic heterocycles. The molecule has 2 aromatic carbocycles. The van der Waals surface area contributed by atoms with Gasteiger partial charge in [0.05, 0.1) is 0 Å². The van der Waals surface area contributed by atoms with Crippen LogP contribution in [0.2, 0.25) is 0 Å². The molecule has 3 N–H and O–H groups in total. The first kappa shape index (κ1) is 25.6. The number of alkyl carbamates (subject to hydrolysis) is 1. The van der Waals surface area contributed by atoms with Gasteiger partial charge in [0.1, 0.15) is 12.6 Å². The van der Waals surface area contributed by atoms with E-state index < -0.39 is 18.1 Å². The molecule has 0 heterocycles. The van der Waals surface area contributed by atoms with Gasteiger partial charge in [-0.2, -0.15) is 11.8 Å². The van der Waals surface area contributed by atoms with Crippen LogP contribution in [0.4, 0.5) is 4.79 Å². The van der Waals surface area contributed by atoms with Gasteiger partial charge < -0.3 is 20.5 Å². The van der Waals surface area contributed by atoms with Gasteiger partial charge in [-0.1, -0.05) is 55.5 Å². The van der Waals surface area contributed by atoms with Crippen molar-refractivity contribution in [2.45, 2.75) is 50.6 Å². The highest BCUT2D eigenvalue weighted by Gasteiger charge is 2.30. The first-order valence-corrected chi connectivity index (χ1v) is 13.0. The summed E-state index contributed by atoms with van der Waals surface area (Å²) in [5.41, 5.74) is 4.54. The molecule has 0 spiro atoms. The molecular formula is C26H32N2O5S. The molecule has 2 aromatic rings. The van der Waals surface area contributed by atoms with Crippen LogP contribution in [0.15, 0.2) is 48.5 Å². The van der Waals surface area contributed by atoms with E-state index in [-0.39, 0.29) is 30.9 Å². The van der Waals surface area contributed by atoms with Crippen molar-refractivity contribution in [3.05, 3.63) is 59.7 Å². The zero-order valence-electron chi connectivity index (χ0n) is 19.6. The summed E-state index contributed by atoms with van der Waals surface area (Å²) in [7, 11) is 0. The minimum absolute atomic E-state index is 0.0198. The van der Waals surface area contributed by atoms with Crippen molar-refractivity contribution in [1.82, 2.24) is 10.6 Å². The number of rotatable bonds is 12. The second kappa shape index (κ2) is 12.5. The zero-order valence-corrected chi connectivity index (χ0v) is 20.4. The van der Waals surface area contributed by atoms with Gasteiger partial charge in [-0.05, 0) is 53.5 Å². The number of carbonyl (C=O) groups is 3. The Balaban J connectivity index is 1.62. The van der Waals surface area contributed by atoms with Crippen LogP contribution < -0.4 is 10.6 Å². The number of hydrogen-bond acceptors (Lipinski definition) is 5. The Morgan fingerprint density at radius 3 is 2.18 bits per heavy atom. The van der Waals surface area contributed by atoms with Gasteiger partial charge in [-0.3, -0.25) is 9.59 Å². The normalized spacial score (nSPS) is 13.9. The Bertz CT molecular complexity index is 967. The molecule has 1 unspecified atom stereocenters. The van der Waals surface area contributed by atoms with E-state index in [4.69, 9.17) is 9.84 Å². The third-order valence-corrected chi connectivity index (χ3v) is 6.75. The lowest BCUT2D eigenvalue weighted by Crippen LogP contribution is -2.50. The van der Waals surface area contributed by atoms with Crippen molar-refractivity contribution in [1.29, 1.82) is 0 Å². The van der Waals surface area contributed by atoms with E-state index in [0.717, 1.165) is 22.3 Å². The van der Waals surface area contributed by atoms with Crippen molar-refractivity contribution >= 4 is 29.7 Å². The molecule has 2 amide bonds. The van der Waals surface area contributed by atoms with Crippen LogP contribution >= 0.6 is 11.8 Å². The molecule has 8 heteroatoms. The van der Waals surface area contributed by atoms with Gasteiger partial charge in [-0.15, -0.1) is 0 Å². The molecule has 1 aliphatic carbocycles. The number of carbonyl (C=O) groups excluding carboxylic acids is 2. The van der Waals surface area contributed by atoms with Gasteiger partial charge >= 0.3 is 12.1 Å². The topological polar surface area (TPSA) is 105 Å². The molecule has 1 aliphatic rings. The average Bonchev–Trinajstić information content (AvgIpc) is 3.16. The van der Waals surface area contributed by atoms with Gasteiger partial charge in [0.2, 0.25) is 5.91 Å². The molecular weight excluding hydrogens is 452 g/mol. The maximum absolute atomic E-state index is 12.8. The molecule has 0 saturated carbocycles. The second-order valence-electron chi connectivity index (χ2n) is 8.35. The predicted octanol–water partition coefficient (Wildman–Crippen LogP) is 4.41. The summed E-state index contributed by atoms with van der Waals surface area (Å²) in [6, 6.07) is 15.2. The Kier molecular flexibility index (Phi) is 9.39. The van der Waals surface area contributed by atoms with Crippen molar-refractivity contribution in [3.8, 4) is 11.1 Å². The number of fused-ring (bicyclic) bond motifs is 3. The first-order chi connectivity index (χ1) is 16.4. The third kappa shape index (κ3) is 6.53. The average molecular weight is 485 g/mol. The third-order valence-electron chi connectivity index (χ3n) is 6.11. The first-order valence-electron chi connectivity index (χ1n) is 11.6. The lowest BCUT2D eigenvalue weighted by atomic mass is 9.98. The molecule has 182 valence electrons. The van der Waals surface area contributed by atoms with Crippen LogP contribution in [0.3, 0.4) is 0 Å². The Morgan fingerprint density at radius 1 is 1.00 bits per heavy atom. The fourth-order valence-corrected chi connectivity index (χ4v) is 4.74. The van der Waals surface area contributed by atoms with Crippen LogP contribution in [0, 0.1) is 0 Å². The Labute approximate surface area is 204 Å². The molecule has 0 saturated heterocycles. The summed E-state index contributed by atoms with van der Waals surface area (Å²) >= 11 is 1.58. The standard InChI is InChI=1S/C26H32N2O5S/c1-3-17(12-13-24(29)30)27-25(31)23(14-15-34-2)28-26(32)33-16-22-20-10-6-4-8-18(20)19-9-5-7-11-21(19)22/h4-11,17,22-23H,3,12-16H2,1-2H3,(H,27,31)(H,28,32)(H,29,30)/t17?,23-/m0/s1. The molecule has 0 fully saturated rings. The lowest BCUT2D eigenvalue weighted by Gasteiger charge is -2.23. The Hall–Kier alpha value is -3.00. The number of hydrogen-bond donors (Lipinski definition) is 3. The van der Waals surface area contributed by atoms with Crippen molar-refractivity contribution in [2.24, 2.45) is 0 Å². The van der Waals surface area contributed by atoms with E-state index in [1.165, 1.54) is 0 Å². The summed E-state index contributed by atoms with van der Waals surface area (Å²) < 4.78 is 5.60. The highest BCUT2D eigenvalue weighted by atomic mass is 32.2. The van der Waals surface area contributed by atoms with Gasteiger partial charge in [0.25, 0.3) is 0 Å². The minimum atomic E-state index is -0.900. The van der Waals surface area contributed by atoms with E-state index in [9.17, 15) is 14.4 Å². The molecule has 34 heavy (non-hydrogen) atoms.